The highest BCUT2D eigenvalue weighted by Crippen LogP contribution is 2.27. The molecule has 0 saturated carbocycles. The van der Waals surface area contributed by atoms with Crippen LogP contribution in [0.15, 0.2) is 41.4 Å². The number of carbonyl (C=O) groups is 2. The Balaban J connectivity index is 2.20. The molecule has 1 aromatic heterocycles. The monoisotopic (exact) mass is 384 g/mol. The summed E-state index contributed by atoms with van der Waals surface area (Å²) in [5.74, 6) is -0.175. The molecule has 7 heteroatoms. The zero-order chi connectivity index (χ0) is 19.6. The number of thiazole rings is 1. The first-order valence-electron chi connectivity index (χ1n) is 8.34. The molecule has 0 saturated heterocycles. The van der Waals surface area contributed by atoms with Gasteiger partial charge in [0.2, 0.25) is 0 Å². The normalized spacial score (nSPS) is 11.6. The molecule has 0 aliphatic heterocycles. The van der Waals surface area contributed by atoms with E-state index in [4.69, 9.17) is 9.47 Å². The number of ether oxygens (including phenoxy) is 2. The van der Waals surface area contributed by atoms with Crippen LogP contribution in [0.1, 0.15) is 21.5 Å². The minimum absolute atomic E-state index is 0.0597. The van der Waals surface area contributed by atoms with Crippen LogP contribution >= 0.6 is 11.3 Å². The van der Waals surface area contributed by atoms with E-state index in [0.29, 0.717) is 21.6 Å². The number of methoxy groups -OCH3 is 2. The van der Waals surface area contributed by atoms with E-state index in [2.05, 4.69) is 4.99 Å². The summed E-state index contributed by atoms with van der Waals surface area (Å²) in [5, 5.41) is 0. The van der Waals surface area contributed by atoms with Gasteiger partial charge in [0, 0.05) is 5.56 Å². The van der Waals surface area contributed by atoms with Crippen molar-refractivity contribution in [1.29, 1.82) is 0 Å². The van der Waals surface area contributed by atoms with Gasteiger partial charge in [-0.1, -0.05) is 35.1 Å². The number of fused-ring (bicyclic) bond motifs is 1. The molecule has 3 rings (SSSR count). The average molecular weight is 384 g/mol. The smallest absolute Gasteiger partial charge is 0.325 e. The number of benzene rings is 2. The average Bonchev–Trinajstić information content (AvgIpc) is 2.98. The number of aromatic nitrogens is 1. The van der Waals surface area contributed by atoms with Gasteiger partial charge in [-0.25, -0.2) is 0 Å². The quantitative estimate of drug-likeness (QED) is 0.648. The molecule has 0 aliphatic carbocycles. The van der Waals surface area contributed by atoms with Crippen LogP contribution in [0.5, 0.6) is 5.75 Å². The van der Waals surface area contributed by atoms with Crippen LogP contribution in [-0.2, 0) is 16.1 Å². The lowest BCUT2D eigenvalue weighted by Crippen LogP contribution is -2.22. The molecule has 27 heavy (non-hydrogen) atoms. The Labute approximate surface area is 160 Å². The standard InChI is InChI=1S/C20H20N2O4S/c1-12-8-9-14(13(2)10-12)19(24)21-20-22(11-17(23)26-4)18-15(25-3)6-5-7-16(18)27-20/h5-10H,11H2,1-4H3. The first kappa shape index (κ1) is 18.8. The molecule has 6 nitrogen and oxygen atoms in total. The molecular weight excluding hydrogens is 364 g/mol. The summed E-state index contributed by atoms with van der Waals surface area (Å²) >= 11 is 1.33. The van der Waals surface area contributed by atoms with Gasteiger partial charge in [0.1, 0.15) is 17.8 Å². The van der Waals surface area contributed by atoms with E-state index in [1.165, 1.54) is 18.4 Å². The number of rotatable bonds is 4. The Morgan fingerprint density at radius 2 is 1.93 bits per heavy atom. The van der Waals surface area contributed by atoms with E-state index in [0.717, 1.165) is 15.8 Å². The third-order valence-corrected chi connectivity index (χ3v) is 5.25. The first-order valence-corrected chi connectivity index (χ1v) is 9.15. The molecule has 0 fully saturated rings. The number of esters is 1. The maximum absolute atomic E-state index is 12.8. The highest BCUT2D eigenvalue weighted by Gasteiger charge is 2.16. The molecule has 0 aliphatic rings. The first-order chi connectivity index (χ1) is 12.9. The maximum Gasteiger partial charge on any atom is 0.325 e. The van der Waals surface area contributed by atoms with E-state index in [9.17, 15) is 9.59 Å². The minimum atomic E-state index is -0.430. The minimum Gasteiger partial charge on any atom is -0.495 e. The topological polar surface area (TPSA) is 69.9 Å². The number of hydrogen-bond acceptors (Lipinski definition) is 5. The summed E-state index contributed by atoms with van der Waals surface area (Å²) in [6, 6.07) is 11.2. The fourth-order valence-corrected chi connectivity index (χ4v) is 3.93. The molecule has 0 N–H and O–H groups in total. The van der Waals surface area contributed by atoms with Gasteiger partial charge in [-0.2, -0.15) is 4.99 Å². The van der Waals surface area contributed by atoms with Crippen molar-refractivity contribution in [1.82, 2.24) is 4.57 Å². The van der Waals surface area contributed by atoms with E-state index in [-0.39, 0.29) is 12.5 Å². The third-order valence-electron chi connectivity index (χ3n) is 4.21. The van der Waals surface area contributed by atoms with Crippen LogP contribution in [-0.4, -0.2) is 30.7 Å². The largest absolute Gasteiger partial charge is 0.495 e. The number of aryl methyl sites for hydroxylation is 2. The second kappa shape index (κ2) is 7.75. The van der Waals surface area contributed by atoms with Crippen LogP contribution in [0.25, 0.3) is 10.2 Å². The molecule has 1 amide bonds. The molecule has 0 unspecified atom stereocenters. The van der Waals surface area contributed by atoms with Crippen LogP contribution in [0.3, 0.4) is 0 Å². The zero-order valence-corrected chi connectivity index (χ0v) is 16.4. The summed E-state index contributed by atoms with van der Waals surface area (Å²) in [6.07, 6.45) is 0. The molecule has 3 aromatic rings. The molecular formula is C20H20N2O4S. The van der Waals surface area contributed by atoms with Crippen molar-refractivity contribution in [3.63, 3.8) is 0 Å². The second-order valence-electron chi connectivity index (χ2n) is 6.09. The van der Waals surface area contributed by atoms with E-state index in [1.54, 1.807) is 23.8 Å². The van der Waals surface area contributed by atoms with Crippen molar-refractivity contribution in [2.24, 2.45) is 4.99 Å². The maximum atomic E-state index is 12.8. The molecule has 140 valence electrons. The molecule has 0 spiro atoms. The Morgan fingerprint density at radius 3 is 2.59 bits per heavy atom. The fourth-order valence-electron chi connectivity index (χ4n) is 2.89. The summed E-state index contributed by atoms with van der Waals surface area (Å²) in [7, 11) is 2.89. The highest BCUT2D eigenvalue weighted by molar-refractivity contribution is 7.16. The lowest BCUT2D eigenvalue weighted by atomic mass is 10.1. The number of para-hydroxylation sites is 1. The van der Waals surface area contributed by atoms with Gasteiger partial charge in [0.25, 0.3) is 5.91 Å². The van der Waals surface area contributed by atoms with Gasteiger partial charge >= 0.3 is 5.97 Å². The van der Waals surface area contributed by atoms with Gasteiger partial charge in [-0.15, -0.1) is 0 Å². The summed E-state index contributed by atoms with van der Waals surface area (Å²) in [6.45, 7) is 3.79. The van der Waals surface area contributed by atoms with Crippen molar-refractivity contribution in [3.05, 3.63) is 57.9 Å². The van der Waals surface area contributed by atoms with Crippen LogP contribution in [0.2, 0.25) is 0 Å². The molecule has 2 aromatic carbocycles. The zero-order valence-electron chi connectivity index (χ0n) is 15.6. The second-order valence-corrected chi connectivity index (χ2v) is 7.10. The van der Waals surface area contributed by atoms with E-state index < -0.39 is 5.97 Å². The predicted molar refractivity (Wildman–Crippen MR) is 104 cm³/mol. The Kier molecular flexibility index (Phi) is 5.41. The van der Waals surface area contributed by atoms with Gasteiger partial charge in [-0.3, -0.25) is 9.59 Å². The SMILES string of the molecule is COC(=O)Cn1c(=NC(=O)c2ccc(C)cc2C)sc2cccc(OC)c21. The molecule has 0 bridgehead atoms. The van der Waals surface area contributed by atoms with E-state index in [1.807, 2.05) is 38.1 Å². The fraction of sp³-hybridized carbons (Fsp3) is 0.250. The van der Waals surface area contributed by atoms with Crippen molar-refractivity contribution >= 4 is 33.4 Å². The third kappa shape index (κ3) is 3.78. The molecule has 0 atom stereocenters. The van der Waals surface area contributed by atoms with Gasteiger partial charge < -0.3 is 14.0 Å². The van der Waals surface area contributed by atoms with Crippen LogP contribution in [0, 0.1) is 13.8 Å². The van der Waals surface area contributed by atoms with Crippen molar-refractivity contribution in [3.8, 4) is 5.75 Å². The molecule has 1 heterocycles. The van der Waals surface area contributed by atoms with Crippen LogP contribution < -0.4 is 9.54 Å². The lowest BCUT2D eigenvalue weighted by molar-refractivity contribution is -0.141. The summed E-state index contributed by atoms with van der Waals surface area (Å²) < 4.78 is 12.8. The molecule has 0 radical (unpaired) electrons. The summed E-state index contributed by atoms with van der Waals surface area (Å²) in [4.78, 5) is 29.4. The Morgan fingerprint density at radius 1 is 1.15 bits per heavy atom. The van der Waals surface area contributed by atoms with Gasteiger partial charge in [0.15, 0.2) is 4.80 Å². The van der Waals surface area contributed by atoms with E-state index >= 15 is 0 Å². The van der Waals surface area contributed by atoms with Crippen molar-refractivity contribution in [2.45, 2.75) is 20.4 Å². The van der Waals surface area contributed by atoms with Crippen LogP contribution in [0.4, 0.5) is 0 Å². The number of hydrogen-bond donors (Lipinski definition) is 0. The van der Waals surface area contributed by atoms with Gasteiger partial charge in [-0.05, 0) is 37.6 Å². The van der Waals surface area contributed by atoms with Gasteiger partial charge in [0.05, 0.1) is 18.9 Å². The number of nitrogens with zero attached hydrogens (tertiary/aromatic N) is 2. The predicted octanol–water partition coefficient (Wildman–Crippen LogP) is 3.24. The number of carbonyl (C=O) groups excluding carboxylic acids is 2. The lowest BCUT2D eigenvalue weighted by Gasteiger charge is -2.07. The number of amides is 1. The highest BCUT2D eigenvalue weighted by atomic mass is 32.1. The Hall–Kier alpha value is -2.93. The Bertz CT molecular complexity index is 1100. The van der Waals surface area contributed by atoms with Crippen molar-refractivity contribution < 1.29 is 19.1 Å². The summed E-state index contributed by atoms with van der Waals surface area (Å²) in [5.41, 5.74) is 3.19. The van der Waals surface area contributed by atoms with Crippen molar-refractivity contribution in [2.75, 3.05) is 14.2 Å².